The van der Waals surface area contributed by atoms with Crippen molar-refractivity contribution in [3.8, 4) is 0 Å². The summed E-state index contributed by atoms with van der Waals surface area (Å²) in [6.45, 7) is 10.5. The predicted octanol–water partition coefficient (Wildman–Crippen LogP) is 1.74. The minimum atomic E-state index is -1.10. The molecule has 0 saturated carbocycles. The third-order valence-electron chi connectivity index (χ3n) is 6.62. The minimum absolute atomic E-state index is 0.109. The molecular formula is C21H37N3O5. The number of rotatable bonds is 5. The number of hydrogen-bond acceptors (Lipinski definition) is 6. The van der Waals surface area contributed by atoms with E-state index in [4.69, 9.17) is 9.47 Å². The second kappa shape index (κ2) is 8.78. The van der Waals surface area contributed by atoms with Gasteiger partial charge in [0.2, 0.25) is 0 Å². The van der Waals surface area contributed by atoms with Crippen molar-refractivity contribution in [3.05, 3.63) is 0 Å². The van der Waals surface area contributed by atoms with Crippen LogP contribution in [0.15, 0.2) is 0 Å². The van der Waals surface area contributed by atoms with E-state index in [0.717, 1.165) is 26.1 Å². The van der Waals surface area contributed by atoms with E-state index in [1.54, 1.807) is 4.90 Å². The van der Waals surface area contributed by atoms with Crippen LogP contribution >= 0.6 is 0 Å². The third-order valence-corrected chi connectivity index (χ3v) is 6.62. The van der Waals surface area contributed by atoms with E-state index in [0.29, 0.717) is 32.2 Å². The molecule has 3 aliphatic heterocycles. The Morgan fingerprint density at radius 2 is 1.79 bits per heavy atom. The Kier molecular flexibility index (Phi) is 6.75. The zero-order valence-electron chi connectivity index (χ0n) is 18.4. The molecule has 0 aromatic carbocycles. The number of likely N-dealkylation sites (tertiary alicyclic amines) is 1. The van der Waals surface area contributed by atoms with Crippen LogP contribution in [0, 0.1) is 11.8 Å². The molecule has 0 spiro atoms. The quantitative estimate of drug-likeness (QED) is 0.738. The summed E-state index contributed by atoms with van der Waals surface area (Å²) in [5.74, 6) is -0.329. The lowest BCUT2D eigenvalue weighted by Crippen LogP contribution is -2.73. The van der Waals surface area contributed by atoms with Gasteiger partial charge in [-0.25, -0.2) is 4.79 Å². The molecule has 8 nitrogen and oxygen atoms in total. The number of amides is 1. The Hall–Kier alpha value is -1.38. The fourth-order valence-electron chi connectivity index (χ4n) is 4.67. The predicted molar refractivity (Wildman–Crippen MR) is 109 cm³/mol. The Bertz CT molecular complexity index is 596. The summed E-state index contributed by atoms with van der Waals surface area (Å²) in [4.78, 5) is 31.3. The Morgan fingerprint density at radius 1 is 1.14 bits per heavy atom. The first kappa shape index (κ1) is 22.3. The van der Waals surface area contributed by atoms with Crippen molar-refractivity contribution in [1.29, 1.82) is 0 Å². The normalized spacial score (nSPS) is 28.2. The van der Waals surface area contributed by atoms with Gasteiger partial charge >= 0.3 is 12.1 Å². The van der Waals surface area contributed by atoms with Gasteiger partial charge in [-0.3, -0.25) is 9.69 Å². The smallest absolute Gasteiger partial charge is 0.410 e. The lowest BCUT2D eigenvalue weighted by molar-refractivity contribution is -0.183. The van der Waals surface area contributed by atoms with Crippen molar-refractivity contribution in [2.24, 2.45) is 11.8 Å². The van der Waals surface area contributed by atoms with E-state index in [-0.39, 0.29) is 12.5 Å². The summed E-state index contributed by atoms with van der Waals surface area (Å²) in [5, 5.41) is 10.3. The van der Waals surface area contributed by atoms with Gasteiger partial charge in [-0.15, -0.1) is 0 Å². The second-order valence-electron chi connectivity index (χ2n) is 9.89. The van der Waals surface area contributed by atoms with Crippen LogP contribution < -0.4 is 0 Å². The summed E-state index contributed by atoms with van der Waals surface area (Å²) in [5.41, 5.74) is -1.70. The molecule has 8 heteroatoms. The molecule has 29 heavy (non-hydrogen) atoms. The van der Waals surface area contributed by atoms with Gasteiger partial charge in [0.15, 0.2) is 0 Å². The summed E-state index contributed by atoms with van der Waals surface area (Å²) in [7, 11) is 2.15. The van der Waals surface area contributed by atoms with Gasteiger partial charge in [0.05, 0.1) is 19.8 Å². The molecule has 3 heterocycles. The fourth-order valence-corrected chi connectivity index (χ4v) is 4.67. The van der Waals surface area contributed by atoms with Gasteiger partial charge in [-0.2, -0.15) is 0 Å². The summed E-state index contributed by atoms with van der Waals surface area (Å²) in [6, 6.07) is 0. The van der Waals surface area contributed by atoms with E-state index in [1.165, 1.54) is 12.8 Å². The molecule has 3 fully saturated rings. The third kappa shape index (κ3) is 5.03. The standard InChI is InChI=1S/C21H37N3O5/c1-20(2,3)29-19(27)23-11-12-24(10-7-16-5-8-22(4)9-6-16)21(15-23,18(25)26)17-13-28-14-17/h16-17H,5-15H2,1-4H3,(H,25,26). The molecule has 0 bridgehead atoms. The molecule has 166 valence electrons. The molecule has 0 radical (unpaired) electrons. The lowest BCUT2D eigenvalue weighted by Gasteiger charge is -2.53. The number of carbonyl (C=O) groups excluding carboxylic acids is 1. The molecule has 3 aliphatic rings. The fraction of sp³-hybridized carbons (Fsp3) is 0.905. The highest BCUT2D eigenvalue weighted by Crippen LogP contribution is 2.36. The SMILES string of the molecule is CN1CCC(CCN2CCN(C(=O)OC(C)(C)C)CC2(C(=O)O)C2COC2)CC1. The van der Waals surface area contributed by atoms with Gasteiger partial charge in [0, 0.05) is 19.0 Å². The molecule has 0 aromatic heterocycles. The van der Waals surface area contributed by atoms with Crippen LogP contribution in [-0.4, -0.2) is 103 Å². The number of aliphatic carboxylic acids is 1. The zero-order valence-corrected chi connectivity index (χ0v) is 18.4. The largest absolute Gasteiger partial charge is 0.480 e. The zero-order chi connectivity index (χ0) is 21.2. The van der Waals surface area contributed by atoms with Crippen LogP contribution in [0.4, 0.5) is 4.79 Å². The van der Waals surface area contributed by atoms with Crippen LogP contribution in [0.2, 0.25) is 0 Å². The van der Waals surface area contributed by atoms with E-state index in [9.17, 15) is 14.7 Å². The van der Waals surface area contributed by atoms with Gasteiger partial charge in [-0.05, 0) is 72.6 Å². The van der Waals surface area contributed by atoms with Gasteiger partial charge in [0.1, 0.15) is 11.1 Å². The maximum Gasteiger partial charge on any atom is 0.410 e. The summed E-state index contributed by atoms with van der Waals surface area (Å²) in [6.07, 6.45) is 2.91. The number of carboxylic acids is 1. The van der Waals surface area contributed by atoms with E-state index < -0.39 is 23.2 Å². The number of nitrogens with zero attached hydrogens (tertiary/aromatic N) is 3. The number of carbonyl (C=O) groups is 2. The molecule has 1 unspecified atom stereocenters. The van der Waals surface area contributed by atoms with Crippen molar-refractivity contribution in [2.45, 2.75) is 51.2 Å². The van der Waals surface area contributed by atoms with Crippen LogP contribution in [0.3, 0.4) is 0 Å². The maximum absolute atomic E-state index is 12.7. The van der Waals surface area contributed by atoms with Crippen molar-refractivity contribution >= 4 is 12.1 Å². The van der Waals surface area contributed by atoms with Crippen LogP contribution in [-0.2, 0) is 14.3 Å². The summed E-state index contributed by atoms with van der Waals surface area (Å²) < 4.78 is 10.9. The number of hydrogen-bond donors (Lipinski definition) is 1. The highest BCUT2D eigenvalue weighted by atomic mass is 16.6. The molecule has 1 N–H and O–H groups in total. The highest BCUT2D eigenvalue weighted by Gasteiger charge is 2.57. The molecule has 3 saturated heterocycles. The second-order valence-corrected chi connectivity index (χ2v) is 9.89. The van der Waals surface area contributed by atoms with Crippen molar-refractivity contribution in [2.75, 3.05) is 59.5 Å². The monoisotopic (exact) mass is 411 g/mol. The molecule has 0 aliphatic carbocycles. The van der Waals surface area contributed by atoms with E-state index in [2.05, 4.69) is 16.8 Å². The Labute approximate surface area is 174 Å². The number of piperidine rings is 1. The minimum Gasteiger partial charge on any atom is -0.480 e. The Morgan fingerprint density at radius 3 is 2.31 bits per heavy atom. The maximum atomic E-state index is 12.7. The number of carboxylic acid groups (broad SMARTS) is 1. The highest BCUT2D eigenvalue weighted by molar-refractivity contribution is 5.81. The van der Waals surface area contributed by atoms with Gasteiger partial charge < -0.3 is 24.4 Å². The number of piperazine rings is 1. The molecular weight excluding hydrogens is 374 g/mol. The molecule has 0 aromatic rings. The van der Waals surface area contributed by atoms with Crippen LogP contribution in [0.1, 0.15) is 40.0 Å². The van der Waals surface area contributed by atoms with Crippen LogP contribution in [0.25, 0.3) is 0 Å². The molecule has 3 rings (SSSR count). The lowest BCUT2D eigenvalue weighted by atomic mass is 9.78. The Balaban J connectivity index is 1.72. The summed E-state index contributed by atoms with van der Waals surface area (Å²) >= 11 is 0. The van der Waals surface area contributed by atoms with Crippen molar-refractivity contribution < 1.29 is 24.2 Å². The molecule has 1 atom stereocenters. The first-order chi connectivity index (χ1) is 13.6. The van der Waals surface area contributed by atoms with Gasteiger partial charge in [-0.1, -0.05) is 0 Å². The molecule has 1 amide bonds. The van der Waals surface area contributed by atoms with E-state index >= 15 is 0 Å². The topological polar surface area (TPSA) is 82.5 Å². The number of ether oxygens (including phenoxy) is 2. The first-order valence-electron chi connectivity index (χ1n) is 10.8. The van der Waals surface area contributed by atoms with Crippen LogP contribution in [0.5, 0.6) is 0 Å². The average Bonchev–Trinajstić information content (AvgIpc) is 2.58. The van der Waals surface area contributed by atoms with E-state index in [1.807, 2.05) is 20.8 Å². The van der Waals surface area contributed by atoms with Crippen molar-refractivity contribution in [1.82, 2.24) is 14.7 Å². The van der Waals surface area contributed by atoms with Gasteiger partial charge in [0.25, 0.3) is 0 Å². The average molecular weight is 412 g/mol. The van der Waals surface area contributed by atoms with Crippen molar-refractivity contribution in [3.63, 3.8) is 0 Å². The first-order valence-corrected chi connectivity index (χ1v) is 10.8.